The molecule has 2 heteroatoms. The van der Waals surface area contributed by atoms with E-state index in [0.29, 0.717) is 22.7 Å². The first kappa shape index (κ1) is 21.5. The monoisotopic (exact) mass is 414 g/mol. The predicted molar refractivity (Wildman–Crippen MR) is 123 cm³/mol. The summed E-state index contributed by atoms with van der Waals surface area (Å²) in [6, 6.07) is 0. The smallest absolute Gasteiger partial charge is 0.0650 e. The Morgan fingerprint density at radius 3 is 2.50 bits per heavy atom. The Morgan fingerprint density at radius 1 is 1.07 bits per heavy atom. The van der Waals surface area contributed by atoms with Gasteiger partial charge < -0.3 is 10.2 Å². The molecule has 0 spiro atoms. The minimum Gasteiger partial charge on any atom is -0.390 e. The fraction of sp³-hybridized carbons (Fsp3) is 0.929. The van der Waals surface area contributed by atoms with E-state index < -0.39 is 5.60 Å². The van der Waals surface area contributed by atoms with Crippen molar-refractivity contribution in [3.05, 3.63) is 11.6 Å². The second-order valence-corrected chi connectivity index (χ2v) is 13.1. The average Bonchev–Trinajstić information content (AvgIpc) is 3.32. The van der Waals surface area contributed by atoms with Gasteiger partial charge in [-0.15, -0.1) is 0 Å². The highest BCUT2D eigenvalue weighted by Gasteiger charge is 2.59. The van der Waals surface area contributed by atoms with Crippen molar-refractivity contribution in [2.45, 2.75) is 122 Å². The van der Waals surface area contributed by atoms with Crippen molar-refractivity contribution in [2.75, 3.05) is 0 Å². The molecule has 0 radical (unpaired) electrons. The first-order valence-electron chi connectivity index (χ1n) is 13.3. The largest absolute Gasteiger partial charge is 0.390 e. The lowest BCUT2D eigenvalue weighted by atomic mass is 9.44. The van der Waals surface area contributed by atoms with Crippen molar-refractivity contribution < 1.29 is 10.2 Å². The molecule has 0 aromatic heterocycles. The van der Waals surface area contributed by atoms with E-state index in [9.17, 15) is 10.2 Å². The minimum absolute atomic E-state index is 0.306. The van der Waals surface area contributed by atoms with Crippen LogP contribution < -0.4 is 0 Å². The van der Waals surface area contributed by atoms with Gasteiger partial charge in [0, 0.05) is 0 Å². The first-order valence-corrected chi connectivity index (χ1v) is 13.3. The van der Waals surface area contributed by atoms with Gasteiger partial charge in [0.25, 0.3) is 0 Å². The second kappa shape index (κ2) is 7.08. The summed E-state index contributed by atoms with van der Waals surface area (Å²) >= 11 is 0. The molecule has 2 N–H and O–H groups in total. The van der Waals surface area contributed by atoms with E-state index in [0.717, 1.165) is 56.3 Å². The lowest BCUT2D eigenvalue weighted by Gasteiger charge is -2.61. The van der Waals surface area contributed by atoms with Crippen molar-refractivity contribution in [3.63, 3.8) is 0 Å². The van der Waals surface area contributed by atoms with E-state index in [1.54, 1.807) is 0 Å². The molecular formula is C28H46O2. The van der Waals surface area contributed by atoms with Crippen LogP contribution in [0, 0.1) is 40.4 Å². The average molecular weight is 415 g/mol. The highest BCUT2D eigenvalue weighted by atomic mass is 16.3. The van der Waals surface area contributed by atoms with E-state index in [1.807, 2.05) is 5.57 Å². The van der Waals surface area contributed by atoms with Crippen molar-refractivity contribution in [1.82, 2.24) is 0 Å². The third-order valence-corrected chi connectivity index (χ3v) is 11.3. The Kier molecular flexibility index (Phi) is 5.07. The van der Waals surface area contributed by atoms with Gasteiger partial charge in [-0.1, -0.05) is 45.8 Å². The molecule has 0 saturated heterocycles. The lowest BCUT2D eigenvalue weighted by Crippen LogP contribution is -2.54. The van der Waals surface area contributed by atoms with Crippen molar-refractivity contribution >= 4 is 0 Å². The maximum Gasteiger partial charge on any atom is 0.0650 e. The molecule has 0 aromatic rings. The number of fused-ring (bicyclic) bond motifs is 5. The summed E-state index contributed by atoms with van der Waals surface area (Å²) in [5.74, 6) is 3.65. The quantitative estimate of drug-likeness (QED) is 0.495. The molecule has 0 amide bonds. The third kappa shape index (κ3) is 3.35. The predicted octanol–water partition coefficient (Wildman–Crippen LogP) is 6.65. The fourth-order valence-corrected chi connectivity index (χ4v) is 8.66. The van der Waals surface area contributed by atoms with E-state index in [2.05, 4.69) is 33.8 Å². The number of allylic oxidation sites excluding steroid dienone is 2. The molecule has 0 heterocycles. The normalized spacial score (nSPS) is 50.1. The zero-order chi connectivity index (χ0) is 21.4. The zero-order valence-electron chi connectivity index (χ0n) is 20.1. The van der Waals surface area contributed by atoms with Gasteiger partial charge in [-0.25, -0.2) is 0 Å². The number of hydrogen-bond donors (Lipinski definition) is 2. The van der Waals surface area contributed by atoms with Gasteiger partial charge in [0.05, 0.1) is 11.2 Å². The van der Waals surface area contributed by atoms with Gasteiger partial charge in [0.2, 0.25) is 0 Å². The van der Waals surface area contributed by atoms with Gasteiger partial charge in [-0.05, 0) is 117 Å². The molecule has 8 atom stereocenters. The lowest BCUT2D eigenvalue weighted by molar-refractivity contribution is -0.0935. The number of hydrogen-bond acceptors (Lipinski definition) is 2. The summed E-state index contributed by atoms with van der Waals surface area (Å²) in [5, 5.41) is 21.7. The molecular weight excluding hydrogens is 368 g/mol. The molecule has 5 rings (SSSR count). The highest BCUT2D eigenvalue weighted by Crippen LogP contribution is 2.67. The topological polar surface area (TPSA) is 40.5 Å². The van der Waals surface area contributed by atoms with Crippen molar-refractivity contribution in [3.8, 4) is 0 Å². The van der Waals surface area contributed by atoms with Gasteiger partial charge >= 0.3 is 0 Å². The van der Waals surface area contributed by atoms with Crippen LogP contribution in [-0.4, -0.2) is 21.4 Å². The number of rotatable bonds is 5. The summed E-state index contributed by atoms with van der Waals surface area (Å²) in [6.45, 7) is 9.82. The summed E-state index contributed by atoms with van der Waals surface area (Å²) in [5.41, 5.74) is 1.87. The Bertz CT molecular complexity index is 707. The van der Waals surface area contributed by atoms with E-state index in [4.69, 9.17) is 0 Å². The third-order valence-electron chi connectivity index (χ3n) is 11.3. The van der Waals surface area contributed by atoms with Gasteiger partial charge in [0.1, 0.15) is 0 Å². The fourth-order valence-electron chi connectivity index (χ4n) is 8.66. The van der Waals surface area contributed by atoms with Crippen LogP contribution >= 0.6 is 0 Å². The number of aliphatic hydroxyl groups is 2. The second-order valence-electron chi connectivity index (χ2n) is 13.1. The summed E-state index contributed by atoms with van der Waals surface area (Å²) in [6.07, 6.45) is 17.8. The van der Waals surface area contributed by atoms with Crippen LogP contribution in [0.5, 0.6) is 0 Å². The Morgan fingerprint density at radius 2 is 1.80 bits per heavy atom. The summed E-state index contributed by atoms with van der Waals surface area (Å²) < 4.78 is 0. The van der Waals surface area contributed by atoms with Crippen molar-refractivity contribution in [1.29, 1.82) is 0 Å². The van der Waals surface area contributed by atoms with Crippen molar-refractivity contribution in [2.24, 2.45) is 40.4 Å². The standard InChI is InChI=1S/C28H46O2/c1-5-27(29)14-13-26(4)20(18-27)17-21(19(2)8-12-28(30)15-16-28)24-22-7-6-10-25(22,3)11-9-23(24)26/h9,19-22,24,29-30H,5-8,10-18H2,1-4H3/t19-,20+,21?,22+,24+,25-,26+,27+/m1/s1. The minimum atomic E-state index is -0.439. The molecule has 4 saturated carbocycles. The molecule has 0 aliphatic heterocycles. The van der Waals surface area contributed by atoms with Crippen LogP contribution in [0.1, 0.15) is 111 Å². The van der Waals surface area contributed by atoms with Crippen LogP contribution in [0.4, 0.5) is 0 Å². The molecule has 1 unspecified atom stereocenters. The van der Waals surface area contributed by atoms with Crippen LogP contribution in [0.2, 0.25) is 0 Å². The Hall–Kier alpha value is -0.340. The van der Waals surface area contributed by atoms with Gasteiger partial charge in [-0.3, -0.25) is 0 Å². The molecule has 5 aliphatic carbocycles. The van der Waals surface area contributed by atoms with Gasteiger partial charge in [-0.2, -0.15) is 0 Å². The van der Waals surface area contributed by atoms with Crippen LogP contribution in [0.15, 0.2) is 11.6 Å². The van der Waals surface area contributed by atoms with E-state index in [-0.39, 0.29) is 5.60 Å². The maximum atomic E-state index is 11.2. The molecule has 5 aliphatic rings. The summed E-state index contributed by atoms with van der Waals surface area (Å²) in [4.78, 5) is 0. The molecule has 0 aromatic carbocycles. The first-order chi connectivity index (χ1) is 14.1. The molecule has 170 valence electrons. The van der Waals surface area contributed by atoms with Crippen LogP contribution in [0.3, 0.4) is 0 Å². The molecule has 0 bridgehead atoms. The zero-order valence-corrected chi connectivity index (χ0v) is 20.1. The Labute approximate surface area is 184 Å². The summed E-state index contributed by atoms with van der Waals surface area (Å²) in [7, 11) is 0. The van der Waals surface area contributed by atoms with Crippen LogP contribution in [0.25, 0.3) is 0 Å². The Balaban J connectivity index is 1.47. The molecule has 2 nitrogen and oxygen atoms in total. The van der Waals surface area contributed by atoms with E-state index >= 15 is 0 Å². The highest BCUT2D eigenvalue weighted by molar-refractivity contribution is 5.30. The maximum absolute atomic E-state index is 11.2. The van der Waals surface area contributed by atoms with E-state index in [1.165, 1.54) is 44.9 Å². The molecule has 30 heavy (non-hydrogen) atoms. The SMILES string of the molecule is CC[C@]1(O)CC[C@]2(C)C3=CC[C@@]4(C)CCC[C@H]4[C@@H]3C([C@H](C)CCC3(O)CC3)C[C@H]2C1. The van der Waals surface area contributed by atoms with Gasteiger partial charge in [0.15, 0.2) is 0 Å². The molecule has 4 fully saturated rings. The van der Waals surface area contributed by atoms with Crippen LogP contribution in [-0.2, 0) is 0 Å².